The van der Waals surface area contributed by atoms with Gasteiger partial charge in [-0.1, -0.05) is 26.7 Å². The number of carboxylic acids is 1. The van der Waals surface area contributed by atoms with Crippen molar-refractivity contribution in [2.24, 2.45) is 11.1 Å². The molecule has 90 valence electrons. The normalized spacial score (nSPS) is 12.9. The highest BCUT2D eigenvalue weighted by molar-refractivity contribution is 5.66. The van der Waals surface area contributed by atoms with E-state index in [1.807, 2.05) is 13.8 Å². The Bertz CT molecular complexity index is 204. The van der Waals surface area contributed by atoms with Crippen LogP contribution in [0.2, 0.25) is 0 Å². The first-order chi connectivity index (χ1) is 6.67. The molecule has 0 aromatic rings. The number of nitrogens with two attached hydrogens (primary N) is 1. The molecule has 0 heterocycles. The van der Waals surface area contributed by atoms with Crippen LogP contribution in [-0.2, 0) is 4.79 Å². The van der Waals surface area contributed by atoms with Crippen LogP contribution in [0.15, 0.2) is 0 Å². The fraction of sp³-hybridized carbons (Fsp3) is 0.917. The molecule has 0 spiro atoms. The van der Waals surface area contributed by atoms with E-state index in [0.29, 0.717) is 0 Å². The van der Waals surface area contributed by atoms with Crippen LogP contribution in [0, 0.1) is 5.41 Å². The summed E-state index contributed by atoms with van der Waals surface area (Å²) >= 11 is 0. The molecule has 0 bridgehead atoms. The summed E-state index contributed by atoms with van der Waals surface area (Å²) in [5, 5.41) is 8.48. The Kier molecular flexibility index (Phi) is 5.29. The minimum Gasteiger partial charge on any atom is -0.481 e. The third-order valence-electron chi connectivity index (χ3n) is 3.44. The van der Waals surface area contributed by atoms with Crippen LogP contribution in [0.5, 0.6) is 0 Å². The molecule has 0 radical (unpaired) electrons. The van der Waals surface area contributed by atoms with Crippen molar-refractivity contribution in [3.8, 4) is 0 Å². The van der Waals surface area contributed by atoms with Gasteiger partial charge in [-0.2, -0.15) is 0 Å². The van der Waals surface area contributed by atoms with Crippen LogP contribution in [-0.4, -0.2) is 16.6 Å². The highest BCUT2D eigenvalue weighted by atomic mass is 16.4. The first-order valence-electron chi connectivity index (χ1n) is 5.67. The molecule has 3 heteroatoms. The van der Waals surface area contributed by atoms with Crippen molar-refractivity contribution in [1.29, 1.82) is 0 Å². The van der Waals surface area contributed by atoms with E-state index in [0.717, 1.165) is 25.7 Å². The van der Waals surface area contributed by atoms with Crippen molar-refractivity contribution in [2.45, 2.75) is 65.3 Å². The van der Waals surface area contributed by atoms with Gasteiger partial charge < -0.3 is 10.8 Å². The molecule has 0 unspecified atom stereocenters. The topological polar surface area (TPSA) is 63.3 Å². The fourth-order valence-electron chi connectivity index (χ4n) is 1.34. The predicted molar refractivity (Wildman–Crippen MR) is 62.8 cm³/mol. The minimum atomic E-state index is -0.701. The SMILES string of the molecule is CC(C)(N)C(C)(C)CCCCCC(=O)O. The monoisotopic (exact) mass is 215 g/mol. The predicted octanol–water partition coefficient (Wildman–Crippen LogP) is 2.79. The first kappa shape index (κ1) is 14.4. The van der Waals surface area contributed by atoms with Gasteiger partial charge in [0.25, 0.3) is 0 Å². The third-order valence-corrected chi connectivity index (χ3v) is 3.44. The summed E-state index contributed by atoms with van der Waals surface area (Å²) in [6, 6.07) is 0. The van der Waals surface area contributed by atoms with Crippen LogP contribution in [0.1, 0.15) is 59.8 Å². The number of rotatable bonds is 7. The van der Waals surface area contributed by atoms with Gasteiger partial charge in [0.2, 0.25) is 0 Å². The fourth-order valence-corrected chi connectivity index (χ4v) is 1.34. The second-order valence-corrected chi connectivity index (χ2v) is 5.56. The van der Waals surface area contributed by atoms with Crippen molar-refractivity contribution in [2.75, 3.05) is 0 Å². The number of hydrogen-bond acceptors (Lipinski definition) is 2. The van der Waals surface area contributed by atoms with Crippen molar-refractivity contribution in [3.63, 3.8) is 0 Å². The number of hydrogen-bond donors (Lipinski definition) is 2. The molecule has 15 heavy (non-hydrogen) atoms. The molecule has 0 atom stereocenters. The molecule has 0 amide bonds. The van der Waals surface area contributed by atoms with Gasteiger partial charge >= 0.3 is 5.97 Å². The number of carboxylic acid groups (broad SMARTS) is 1. The summed E-state index contributed by atoms with van der Waals surface area (Å²) in [5.74, 6) is -0.701. The maximum absolute atomic E-state index is 10.3. The molecule has 0 aliphatic carbocycles. The van der Waals surface area contributed by atoms with E-state index in [2.05, 4.69) is 13.8 Å². The summed E-state index contributed by atoms with van der Waals surface area (Å²) in [7, 11) is 0. The molecule has 0 saturated carbocycles. The summed E-state index contributed by atoms with van der Waals surface area (Å²) in [4.78, 5) is 10.3. The highest BCUT2D eigenvalue weighted by Crippen LogP contribution is 2.33. The lowest BCUT2D eigenvalue weighted by Gasteiger charge is -2.38. The third kappa shape index (κ3) is 5.78. The smallest absolute Gasteiger partial charge is 0.303 e. The molecular formula is C12H25NO2. The van der Waals surface area contributed by atoms with Crippen LogP contribution in [0.3, 0.4) is 0 Å². The molecule has 0 rings (SSSR count). The number of carbonyl (C=O) groups is 1. The first-order valence-corrected chi connectivity index (χ1v) is 5.67. The van der Waals surface area contributed by atoms with Crippen LogP contribution in [0.25, 0.3) is 0 Å². The second kappa shape index (κ2) is 5.50. The lowest BCUT2D eigenvalue weighted by atomic mass is 9.72. The van der Waals surface area contributed by atoms with Crippen molar-refractivity contribution < 1.29 is 9.90 Å². The Hall–Kier alpha value is -0.570. The second-order valence-electron chi connectivity index (χ2n) is 5.56. The number of unbranched alkanes of at least 4 members (excludes halogenated alkanes) is 2. The van der Waals surface area contributed by atoms with Crippen LogP contribution in [0.4, 0.5) is 0 Å². The largest absolute Gasteiger partial charge is 0.481 e. The maximum Gasteiger partial charge on any atom is 0.303 e. The van der Waals surface area contributed by atoms with Gasteiger partial charge in [0.15, 0.2) is 0 Å². The Balaban J connectivity index is 3.72. The summed E-state index contributed by atoms with van der Waals surface area (Å²) in [5.41, 5.74) is 6.01. The average molecular weight is 215 g/mol. The molecule has 3 nitrogen and oxygen atoms in total. The standard InChI is InChI=1S/C12H25NO2/c1-11(2,12(3,4)13)9-7-5-6-8-10(14)15/h5-9,13H2,1-4H3,(H,14,15). The Morgan fingerprint density at radius 2 is 1.67 bits per heavy atom. The molecule has 0 aliphatic heterocycles. The van der Waals surface area contributed by atoms with E-state index in [9.17, 15) is 4.79 Å². The molecule has 0 aliphatic rings. The van der Waals surface area contributed by atoms with Crippen molar-refractivity contribution >= 4 is 5.97 Å². The minimum absolute atomic E-state index is 0.107. The Morgan fingerprint density at radius 1 is 1.13 bits per heavy atom. The summed E-state index contributed by atoms with van der Waals surface area (Å²) < 4.78 is 0. The Morgan fingerprint density at radius 3 is 2.07 bits per heavy atom. The van der Waals surface area contributed by atoms with Crippen molar-refractivity contribution in [3.05, 3.63) is 0 Å². The lowest BCUT2D eigenvalue weighted by molar-refractivity contribution is -0.137. The van der Waals surface area contributed by atoms with Gasteiger partial charge in [-0.3, -0.25) is 4.79 Å². The van der Waals surface area contributed by atoms with Crippen LogP contribution >= 0.6 is 0 Å². The molecule has 0 aromatic heterocycles. The van der Waals surface area contributed by atoms with Gasteiger partial charge in [0.1, 0.15) is 0 Å². The van der Waals surface area contributed by atoms with Crippen LogP contribution < -0.4 is 5.73 Å². The van der Waals surface area contributed by atoms with Gasteiger partial charge in [-0.05, 0) is 32.1 Å². The van der Waals surface area contributed by atoms with E-state index in [1.165, 1.54) is 0 Å². The number of aliphatic carboxylic acids is 1. The van der Waals surface area contributed by atoms with E-state index in [1.54, 1.807) is 0 Å². The molecule has 3 N–H and O–H groups in total. The molecule has 0 saturated heterocycles. The quantitative estimate of drug-likeness (QED) is 0.642. The van der Waals surface area contributed by atoms with E-state index in [4.69, 9.17) is 10.8 Å². The zero-order chi connectivity index (χ0) is 12.1. The van der Waals surface area contributed by atoms with Crippen molar-refractivity contribution in [1.82, 2.24) is 0 Å². The lowest BCUT2D eigenvalue weighted by Crippen LogP contribution is -2.47. The average Bonchev–Trinajstić information content (AvgIpc) is 2.00. The van der Waals surface area contributed by atoms with Gasteiger partial charge in [-0.15, -0.1) is 0 Å². The summed E-state index contributed by atoms with van der Waals surface area (Å²) in [6.07, 6.45) is 4.14. The zero-order valence-electron chi connectivity index (χ0n) is 10.5. The zero-order valence-corrected chi connectivity index (χ0v) is 10.5. The van der Waals surface area contributed by atoms with Gasteiger partial charge in [0, 0.05) is 12.0 Å². The molecule has 0 fully saturated rings. The van der Waals surface area contributed by atoms with Gasteiger partial charge in [-0.25, -0.2) is 0 Å². The maximum atomic E-state index is 10.3. The highest BCUT2D eigenvalue weighted by Gasteiger charge is 2.32. The molecular weight excluding hydrogens is 190 g/mol. The van der Waals surface area contributed by atoms with Gasteiger partial charge in [0.05, 0.1) is 0 Å². The molecule has 0 aromatic carbocycles. The van der Waals surface area contributed by atoms with E-state index in [-0.39, 0.29) is 17.4 Å². The summed E-state index contributed by atoms with van der Waals surface area (Å²) in [6.45, 7) is 8.43. The Labute approximate surface area is 93.0 Å². The van der Waals surface area contributed by atoms with E-state index >= 15 is 0 Å². The van der Waals surface area contributed by atoms with E-state index < -0.39 is 5.97 Å².